The predicted molar refractivity (Wildman–Crippen MR) is 97.4 cm³/mol. The Kier molecular flexibility index (Phi) is 5.67. The number of fused-ring (bicyclic) bond motifs is 1. The molecule has 0 spiro atoms. The van der Waals surface area contributed by atoms with Gasteiger partial charge in [0.2, 0.25) is 0 Å². The van der Waals surface area contributed by atoms with E-state index in [-0.39, 0.29) is 6.61 Å². The van der Waals surface area contributed by atoms with Gasteiger partial charge in [-0.25, -0.2) is 0 Å². The summed E-state index contributed by atoms with van der Waals surface area (Å²) < 4.78 is 12.7. The minimum atomic E-state index is 0.0902. The average Bonchev–Trinajstić information content (AvgIpc) is 2.62. The first kappa shape index (κ1) is 16.7. The summed E-state index contributed by atoms with van der Waals surface area (Å²) in [6, 6.07) is 15.7. The second-order valence-electron chi connectivity index (χ2n) is 5.31. The van der Waals surface area contributed by atoms with Crippen LogP contribution in [0.5, 0.6) is 11.5 Å². The van der Waals surface area contributed by atoms with E-state index in [1.165, 1.54) is 0 Å². The van der Waals surface area contributed by atoms with E-state index in [1.54, 1.807) is 6.20 Å². The van der Waals surface area contributed by atoms with Crippen molar-refractivity contribution in [1.29, 1.82) is 0 Å². The highest BCUT2D eigenvalue weighted by Gasteiger charge is 2.12. The molecule has 0 aliphatic rings. The summed E-state index contributed by atoms with van der Waals surface area (Å²) >= 11 is 3.45. The third-order valence-electron chi connectivity index (χ3n) is 3.53. The lowest BCUT2D eigenvalue weighted by Crippen LogP contribution is -2.04. The van der Waals surface area contributed by atoms with Gasteiger partial charge in [0, 0.05) is 29.1 Å². The van der Waals surface area contributed by atoms with Gasteiger partial charge in [-0.2, -0.15) is 0 Å². The third-order valence-corrected chi connectivity index (χ3v) is 3.97. The number of ether oxygens (including phenoxy) is 2. The molecule has 24 heavy (non-hydrogen) atoms. The van der Waals surface area contributed by atoms with Crippen molar-refractivity contribution in [3.05, 3.63) is 64.8 Å². The summed E-state index contributed by atoms with van der Waals surface area (Å²) in [5.41, 5.74) is 1.93. The van der Waals surface area contributed by atoms with Crippen LogP contribution < -0.4 is 9.47 Å². The quantitative estimate of drug-likeness (QED) is 0.612. The minimum absolute atomic E-state index is 0.0902. The SMILES string of the molecule is OCCCOc1c(OCc2ccccc2)ccc2ncc(Br)cc12. The molecule has 3 aromatic rings. The van der Waals surface area contributed by atoms with Gasteiger partial charge in [-0.1, -0.05) is 30.3 Å². The standard InChI is InChI=1S/C19H18BrNO3/c20-15-11-16-17(21-12-15)7-8-18(19(16)23-10-4-9-22)24-13-14-5-2-1-3-6-14/h1-3,5-8,11-12,22H,4,9-10,13H2. The van der Waals surface area contributed by atoms with Gasteiger partial charge >= 0.3 is 0 Å². The molecule has 0 atom stereocenters. The summed E-state index contributed by atoms with van der Waals surface area (Å²) in [4.78, 5) is 4.40. The highest BCUT2D eigenvalue weighted by Crippen LogP contribution is 2.36. The predicted octanol–water partition coefficient (Wildman–Crippen LogP) is 4.34. The molecule has 0 unspecified atom stereocenters. The molecule has 0 aliphatic heterocycles. The smallest absolute Gasteiger partial charge is 0.170 e. The second-order valence-corrected chi connectivity index (χ2v) is 6.23. The molecular formula is C19H18BrNO3. The highest BCUT2D eigenvalue weighted by molar-refractivity contribution is 9.10. The Balaban J connectivity index is 1.91. The fourth-order valence-electron chi connectivity index (χ4n) is 2.36. The Bertz CT molecular complexity index is 808. The molecule has 0 amide bonds. The fourth-order valence-corrected chi connectivity index (χ4v) is 2.70. The second kappa shape index (κ2) is 8.13. The maximum Gasteiger partial charge on any atom is 0.170 e. The molecule has 1 N–H and O–H groups in total. The molecule has 0 saturated heterocycles. The molecule has 0 saturated carbocycles. The Hall–Kier alpha value is -2.11. The molecule has 4 nitrogen and oxygen atoms in total. The van der Waals surface area contributed by atoms with Crippen LogP contribution in [0.25, 0.3) is 10.9 Å². The Morgan fingerprint density at radius 2 is 1.88 bits per heavy atom. The van der Waals surface area contributed by atoms with Crippen LogP contribution in [0.4, 0.5) is 0 Å². The zero-order valence-corrected chi connectivity index (χ0v) is 14.7. The summed E-state index contributed by atoms with van der Waals surface area (Å²) in [5.74, 6) is 1.33. The number of rotatable bonds is 7. The number of nitrogens with zero attached hydrogens (tertiary/aromatic N) is 1. The molecule has 0 bridgehead atoms. The van der Waals surface area contributed by atoms with Gasteiger partial charge in [-0.05, 0) is 39.7 Å². The zero-order chi connectivity index (χ0) is 16.8. The molecular weight excluding hydrogens is 370 g/mol. The first-order valence-electron chi connectivity index (χ1n) is 7.76. The van der Waals surface area contributed by atoms with Crippen LogP contribution in [-0.2, 0) is 6.61 Å². The summed E-state index contributed by atoms with van der Waals surface area (Å²) in [5, 5.41) is 9.87. The van der Waals surface area contributed by atoms with Crippen LogP contribution >= 0.6 is 15.9 Å². The van der Waals surface area contributed by atoms with Gasteiger partial charge in [-0.3, -0.25) is 4.98 Å². The van der Waals surface area contributed by atoms with E-state index in [1.807, 2.05) is 48.5 Å². The van der Waals surface area contributed by atoms with Crippen molar-refractivity contribution in [2.45, 2.75) is 13.0 Å². The average molecular weight is 388 g/mol. The topological polar surface area (TPSA) is 51.6 Å². The lowest BCUT2D eigenvalue weighted by molar-refractivity contribution is 0.223. The van der Waals surface area contributed by atoms with E-state index in [0.29, 0.717) is 31.1 Å². The monoisotopic (exact) mass is 387 g/mol. The number of halogens is 1. The van der Waals surface area contributed by atoms with Gasteiger partial charge in [0.25, 0.3) is 0 Å². The number of hydrogen-bond donors (Lipinski definition) is 1. The van der Waals surface area contributed by atoms with E-state index in [9.17, 15) is 0 Å². The number of benzene rings is 2. The van der Waals surface area contributed by atoms with Crippen LogP contribution in [-0.4, -0.2) is 23.3 Å². The molecule has 1 aromatic heterocycles. The van der Waals surface area contributed by atoms with Gasteiger partial charge in [0.05, 0.1) is 12.1 Å². The van der Waals surface area contributed by atoms with Crippen LogP contribution in [0.2, 0.25) is 0 Å². The van der Waals surface area contributed by atoms with Crippen molar-refractivity contribution in [2.24, 2.45) is 0 Å². The van der Waals surface area contributed by atoms with Gasteiger partial charge in [0.1, 0.15) is 6.61 Å². The zero-order valence-electron chi connectivity index (χ0n) is 13.1. The van der Waals surface area contributed by atoms with Crippen LogP contribution in [0.15, 0.2) is 59.2 Å². The summed E-state index contributed by atoms with van der Waals surface area (Å²) in [6.45, 7) is 0.973. The maximum absolute atomic E-state index is 8.99. The lowest BCUT2D eigenvalue weighted by atomic mass is 10.2. The Morgan fingerprint density at radius 1 is 1.04 bits per heavy atom. The molecule has 0 aliphatic carbocycles. The highest BCUT2D eigenvalue weighted by atomic mass is 79.9. The first-order valence-corrected chi connectivity index (χ1v) is 8.56. The summed E-state index contributed by atoms with van der Waals surface area (Å²) in [7, 11) is 0. The van der Waals surface area contributed by atoms with Crippen molar-refractivity contribution in [2.75, 3.05) is 13.2 Å². The van der Waals surface area contributed by atoms with Gasteiger partial charge in [-0.15, -0.1) is 0 Å². The number of aliphatic hydroxyl groups excluding tert-OH is 1. The number of hydrogen-bond acceptors (Lipinski definition) is 4. The van der Waals surface area contributed by atoms with E-state index in [4.69, 9.17) is 14.6 Å². The van der Waals surface area contributed by atoms with Crippen LogP contribution in [0.1, 0.15) is 12.0 Å². The normalized spacial score (nSPS) is 10.8. The maximum atomic E-state index is 8.99. The molecule has 5 heteroatoms. The van der Waals surface area contributed by atoms with E-state index in [2.05, 4.69) is 20.9 Å². The molecule has 3 rings (SSSR count). The first-order chi connectivity index (χ1) is 11.8. The van der Waals surface area contributed by atoms with Crippen LogP contribution in [0.3, 0.4) is 0 Å². The molecule has 0 fully saturated rings. The van der Waals surface area contributed by atoms with E-state index >= 15 is 0 Å². The van der Waals surface area contributed by atoms with E-state index < -0.39 is 0 Å². The third kappa shape index (κ3) is 4.04. The Labute approximate surface area is 149 Å². The number of aliphatic hydroxyl groups is 1. The minimum Gasteiger partial charge on any atom is -0.489 e. The number of aromatic nitrogens is 1. The molecule has 124 valence electrons. The van der Waals surface area contributed by atoms with Crippen molar-refractivity contribution in [1.82, 2.24) is 4.98 Å². The number of pyridine rings is 1. The van der Waals surface area contributed by atoms with Crippen LogP contribution in [0, 0.1) is 0 Å². The van der Waals surface area contributed by atoms with Crippen molar-refractivity contribution in [3.8, 4) is 11.5 Å². The summed E-state index contributed by atoms with van der Waals surface area (Å²) in [6.07, 6.45) is 2.32. The van der Waals surface area contributed by atoms with Crippen molar-refractivity contribution < 1.29 is 14.6 Å². The van der Waals surface area contributed by atoms with Gasteiger partial charge in [0.15, 0.2) is 11.5 Å². The molecule has 2 aromatic carbocycles. The fraction of sp³-hybridized carbons (Fsp3) is 0.211. The molecule has 0 radical (unpaired) electrons. The van der Waals surface area contributed by atoms with E-state index in [0.717, 1.165) is 20.9 Å². The van der Waals surface area contributed by atoms with Crippen molar-refractivity contribution in [3.63, 3.8) is 0 Å². The van der Waals surface area contributed by atoms with Gasteiger partial charge < -0.3 is 14.6 Å². The molecule has 1 heterocycles. The largest absolute Gasteiger partial charge is 0.489 e. The Morgan fingerprint density at radius 3 is 2.67 bits per heavy atom. The lowest BCUT2D eigenvalue weighted by Gasteiger charge is -2.15. The van der Waals surface area contributed by atoms with Crippen molar-refractivity contribution >= 4 is 26.8 Å².